The van der Waals surface area contributed by atoms with E-state index in [0.717, 1.165) is 90.1 Å². The van der Waals surface area contributed by atoms with E-state index >= 15 is 0 Å². The van der Waals surface area contributed by atoms with Crippen LogP contribution >= 0.6 is 0 Å². The maximum atomic E-state index is 14.7. The van der Waals surface area contributed by atoms with Crippen molar-refractivity contribution >= 4 is 16.9 Å². The zero-order valence-corrected chi connectivity index (χ0v) is 28.1. The summed E-state index contributed by atoms with van der Waals surface area (Å²) in [6.07, 6.45) is 11.6. The predicted molar refractivity (Wildman–Crippen MR) is 174 cm³/mol. The van der Waals surface area contributed by atoms with E-state index in [1.165, 1.54) is 0 Å². The Labute approximate surface area is 276 Å². The van der Waals surface area contributed by atoms with E-state index in [2.05, 4.69) is 11.8 Å². The van der Waals surface area contributed by atoms with Gasteiger partial charge in [0, 0.05) is 30.8 Å². The van der Waals surface area contributed by atoms with Gasteiger partial charge in [-0.3, -0.25) is 18.8 Å². The van der Waals surface area contributed by atoms with Gasteiger partial charge in [0.25, 0.3) is 0 Å². The minimum absolute atomic E-state index is 0.0266. The van der Waals surface area contributed by atoms with Crippen molar-refractivity contribution in [2.45, 2.75) is 127 Å². The molecule has 0 aromatic carbocycles. The van der Waals surface area contributed by atoms with Crippen molar-refractivity contribution in [2.24, 2.45) is 11.1 Å². The third kappa shape index (κ3) is 4.68. The first-order valence-electron chi connectivity index (χ1n) is 18.2. The number of hydrogen-bond acceptors (Lipinski definition) is 10. The molecule has 8 rings (SSSR count). The van der Waals surface area contributed by atoms with Crippen LogP contribution in [0.3, 0.4) is 0 Å². The number of hydrogen-bond donors (Lipinski definition) is 1. The smallest absolute Gasteiger partial charge is 0.330 e. The number of imidazole rings is 1. The number of aryl methyl sites for hydroxylation is 1. The van der Waals surface area contributed by atoms with Crippen LogP contribution in [-0.2, 0) is 20.8 Å². The Morgan fingerprint density at radius 3 is 2.47 bits per heavy atom. The molecule has 0 radical (unpaired) electrons. The third-order valence-electron chi connectivity index (χ3n) is 12.5. The average Bonchev–Trinajstić information content (AvgIpc) is 3.87. The Morgan fingerprint density at radius 2 is 1.74 bits per heavy atom. The predicted octanol–water partition coefficient (Wildman–Crippen LogP) is 4.24. The van der Waals surface area contributed by atoms with E-state index in [9.17, 15) is 9.59 Å². The summed E-state index contributed by atoms with van der Waals surface area (Å²) in [7, 11) is 0. The van der Waals surface area contributed by atoms with Gasteiger partial charge in [-0.25, -0.2) is 9.78 Å². The molecule has 2 aromatic heterocycles. The molecule has 12 heteroatoms. The zero-order chi connectivity index (χ0) is 32.4. The first-order valence-corrected chi connectivity index (χ1v) is 18.2. The lowest BCUT2D eigenvalue weighted by Crippen LogP contribution is -2.56. The molecule has 2 aromatic rings. The molecule has 0 unspecified atom stereocenters. The second kappa shape index (κ2) is 12.0. The molecule has 3 atom stereocenters. The number of carbonyl (C=O) groups is 1. The normalized spacial score (nSPS) is 29.6. The monoisotopic (exact) mass is 650 g/mol. The number of nitrogens with zero attached hydrogens (tertiary/aromatic N) is 5. The number of Topliss-reactive ketones (excluding diaryl/α,β-unsaturated/α-hetero) is 1. The molecule has 0 bridgehead atoms. The molecular weight excluding hydrogens is 600 g/mol. The maximum absolute atomic E-state index is 14.7. The van der Waals surface area contributed by atoms with E-state index in [4.69, 9.17) is 34.6 Å². The van der Waals surface area contributed by atoms with Crippen LogP contribution in [0.15, 0.2) is 16.1 Å². The van der Waals surface area contributed by atoms with Gasteiger partial charge >= 0.3 is 5.69 Å². The summed E-state index contributed by atoms with van der Waals surface area (Å²) in [6, 6.07) is -0.186. The fourth-order valence-corrected chi connectivity index (χ4v) is 10.2. The number of carbonyl (C=O) groups excluding carboxylic acids is 1. The van der Waals surface area contributed by atoms with E-state index in [1.54, 1.807) is 9.13 Å². The number of nitrogens with two attached hydrogens (primary N) is 1. The third-order valence-corrected chi connectivity index (χ3v) is 12.5. The Morgan fingerprint density at radius 1 is 1.00 bits per heavy atom. The minimum atomic E-state index is -0.788. The van der Waals surface area contributed by atoms with Crippen molar-refractivity contribution in [3.63, 3.8) is 0 Å². The topological polar surface area (TPSA) is 136 Å². The first-order chi connectivity index (χ1) is 22.8. The van der Waals surface area contributed by atoms with Crippen molar-refractivity contribution in [1.29, 1.82) is 0 Å². The van der Waals surface area contributed by atoms with Gasteiger partial charge in [-0.1, -0.05) is 6.42 Å². The van der Waals surface area contributed by atoms with Crippen molar-refractivity contribution in [1.82, 2.24) is 24.0 Å². The molecule has 2 spiro atoms. The Kier molecular flexibility index (Phi) is 8.01. The van der Waals surface area contributed by atoms with Gasteiger partial charge in [0.1, 0.15) is 6.10 Å². The summed E-state index contributed by atoms with van der Waals surface area (Å²) in [6.45, 7) is 8.79. The van der Waals surface area contributed by atoms with Gasteiger partial charge in [-0.2, -0.15) is 4.98 Å². The summed E-state index contributed by atoms with van der Waals surface area (Å²) in [5.74, 6) is -0.763. The fraction of sp³-hybridized carbons (Fsp3) is 0.771. The molecule has 12 nitrogen and oxygen atoms in total. The van der Waals surface area contributed by atoms with Crippen LogP contribution in [0.25, 0.3) is 11.2 Å². The maximum Gasteiger partial charge on any atom is 0.330 e. The van der Waals surface area contributed by atoms with Crippen LogP contribution in [0.1, 0.15) is 114 Å². The van der Waals surface area contributed by atoms with Gasteiger partial charge in [0.05, 0.1) is 36.8 Å². The molecule has 6 aliphatic rings. The largest absolute Gasteiger partial charge is 0.471 e. The highest BCUT2D eigenvalue weighted by Gasteiger charge is 2.60. The minimum Gasteiger partial charge on any atom is -0.471 e. The molecule has 2 N–H and O–H groups in total. The number of fused-ring (bicyclic) bond motifs is 3. The highest BCUT2D eigenvalue weighted by atomic mass is 16.7. The van der Waals surface area contributed by atoms with E-state index in [0.29, 0.717) is 67.7 Å². The van der Waals surface area contributed by atoms with Crippen molar-refractivity contribution < 1.29 is 23.7 Å². The van der Waals surface area contributed by atoms with Crippen LogP contribution in [0, 0.1) is 5.41 Å². The number of allylic oxidation sites excluding steroid dienone is 1. The average molecular weight is 651 g/mol. The number of ether oxygens (including phenoxy) is 4. The summed E-state index contributed by atoms with van der Waals surface area (Å²) < 4.78 is 28.8. The number of aromatic nitrogens is 4. The van der Waals surface area contributed by atoms with Crippen molar-refractivity contribution in [3.8, 4) is 5.88 Å². The van der Waals surface area contributed by atoms with Crippen LogP contribution in [-0.4, -0.2) is 86.7 Å². The molecule has 6 heterocycles. The molecule has 47 heavy (non-hydrogen) atoms. The van der Waals surface area contributed by atoms with Crippen molar-refractivity contribution in [3.05, 3.63) is 27.6 Å². The highest BCUT2D eigenvalue weighted by Crippen LogP contribution is 2.58. The first kappa shape index (κ1) is 31.5. The molecule has 4 aliphatic heterocycles. The number of rotatable bonds is 7. The van der Waals surface area contributed by atoms with Gasteiger partial charge in [0.15, 0.2) is 17.0 Å². The van der Waals surface area contributed by atoms with E-state index in [-0.39, 0.29) is 35.0 Å². The van der Waals surface area contributed by atoms with Crippen LogP contribution < -0.4 is 16.2 Å². The van der Waals surface area contributed by atoms with E-state index in [1.807, 2.05) is 6.92 Å². The van der Waals surface area contributed by atoms with Crippen LogP contribution in [0.4, 0.5) is 0 Å². The summed E-state index contributed by atoms with van der Waals surface area (Å²) in [5, 5.41) is 0. The quantitative estimate of drug-likeness (QED) is 0.434. The molecule has 2 aliphatic carbocycles. The summed E-state index contributed by atoms with van der Waals surface area (Å²) in [4.78, 5) is 41.1. The molecule has 256 valence electrons. The van der Waals surface area contributed by atoms with Crippen LogP contribution in [0.5, 0.6) is 5.88 Å². The molecule has 5 fully saturated rings. The molecular formula is C35H50N6O6. The molecule has 0 amide bonds. The van der Waals surface area contributed by atoms with Gasteiger partial charge < -0.3 is 24.7 Å². The second-order valence-corrected chi connectivity index (χ2v) is 14.7. The lowest BCUT2D eigenvalue weighted by molar-refractivity contribution is -0.248. The summed E-state index contributed by atoms with van der Waals surface area (Å²) in [5.41, 5.74) is 8.36. The molecule has 1 saturated carbocycles. The standard InChI is InChI=1S/C35H50N6O6/c1-3-40-26-30(41(32(40)43)24-10-7-19-44-22-24)37-29(38-31(26)47-23(2)34-14-8-17-39(34)18-9-15-34)27(42)25-11-6-13-33(28(25)36)12-4-5-16-35(33)45-20-21-46-35/h23-24H,3-22,36H2,1-2H3/t23-,24+,33-/m0/s1. The second-order valence-electron chi connectivity index (χ2n) is 14.7. The molecule has 4 saturated heterocycles. The summed E-state index contributed by atoms with van der Waals surface area (Å²) >= 11 is 0. The highest BCUT2D eigenvalue weighted by molar-refractivity contribution is 6.07. The Balaban J connectivity index is 1.27. The van der Waals surface area contributed by atoms with E-state index < -0.39 is 11.2 Å². The fourth-order valence-electron chi connectivity index (χ4n) is 10.2. The van der Waals surface area contributed by atoms with Gasteiger partial charge in [-0.15, -0.1) is 0 Å². The van der Waals surface area contributed by atoms with Crippen molar-refractivity contribution in [2.75, 3.05) is 39.5 Å². The SMILES string of the molecule is CCn1c(=O)n([C@@H]2CCCOC2)c2nc(C(=O)C3=C(N)[C@]4(CCCCC45OCCO5)CCC3)nc(O[C@@H](C)C34CCCN3CCC4)c21. The number of ketones is 1. The van der Waals surface area contributed by atoms with Gasteiger partial charge in [0.2, 0.25) is 17.5 Å². The Hall–Kier alpha value is -2.80. The lowest BCUT2D eigenvalue weighted by atomic mass is 9.61. The zero-order valence-electron chi connectivity index (χ0n) is 28.1. The Bertz CT molecular complexity index is 1620. The lowest BCUT2D eigenvalue weighted by Gasteiger charge is -2.52. The van der Waals surface area contributed by atoms with Gasteiger partial charge in [-0.05, 0) is 97.6 Å². The van der Waals surface area contributed by atoms with Crippen LogP contribution in [0.2, 0.25) is 0 Å².